The lowest BCUT2D eigenvalue weighted by atomic mass is 10.1. The SMILES string of the molecule is Nc1ccc(C=CC(=O)c2c(N)cc(O)cc2O)cc1. The maximum atomic E-state index is 12.0. The number of rotatable bonds is 3. The first-order chi connectivity index (χ1) is 9.47. The molecular formula is C15H14N2O3. The predicted octanol–water partition coefficient (Wildman–Crippen LogP) is 2.16. The number of carbonyl (C=O) groups excluding carboxylic acids is 1. The summed E-state index contributed by atoms with van der Waals surface area (Å²) in [4.78, 5) is 12.0. The van der Waals surface area contributed by atoms with Crippen molar-refractivity contribution in [2.75, 3.05) is 11.5 Å². The molecule has 0 aromatic heterocycles. The number of nitrogens with two attached hydrogens (primary N) is 2. The van der Waals surface area contributed by atoms with Crippen molar-refractivity contribution in [3.8, 4) is 11.5 Å². The molecule has 0 saturated heterocycles. The Morgan fingerprint density at radius 2 is 1.70 bits per heavy atom. The zero-order valence-electron chi connectivity index (χ0n) is 10.6. The quantitative estimate of drug-likeness (QED) is 0.388. The smallest absolute Gasteiger partial charge is 0.191 e. The number of ketones is 1. The van der Waals surface area contributed by atoms with Gasteiger partial charge in [0, 0.05) is 17.8 Å². The van der Waals surface area contributed by atoms with Crippen molar-refractivity contribution in [3.63, 3.8) is 0 Å². The van der Waals surface area contributed by atoms with Crippen LogP contribution in [0.2, 0.25) is 0 Å². The van der Waals surface area contributed by atoms with Crippen LogP contribution in [0.4, 0.5) is 11.4 Å². The normalized spacial score (nSPS) is 10.8. The van der Waals surface area contributed by atoms with E-state index >= 15 is 0 Å². The van der Waals surface area contributed by atoms with E-state index in [4.69, 9.17) is 11.5 Å². The molecule has 0 heterocycles. The molecule has 2 aromatic carbocycles. The molecule has 0 bridgehead atoms. The van der Waals surface area contributed by atoms with E-state index in [0.717, 1.165) is 11.6 Å². The van der Waals surface area contributed by atoms with E-state index in [0.29, 0.717) is 5.69 Å². The highest BCUT2D eigenvalue weighted by Gasteiger charge is 2.13. The molecule has 20 heavy (non-hydrogen) atoms. The lowest BCUT2D eigenvalue weighted by Crippen LogP contribution is -2.01. The van der Waals surface area contributed by atoms with Crippen molar-refractivity contribution in [1.82, 2.24) is 0 Å². The van der Waals surface area contributed by atoms with Crippen LogP contribution in [-0.4, -0.2) is 16.0 Å². The van der Waals surface area contributed by atoms with Gasteiger partial charge in [-0.3, -0.25) is 4.79 Å². The Morgan fingerprint density at radius 3 is 2.30 bits per heavy atom. The standard InChI is InChI=1S/C15H14N2O3/c16-10-4-1-9(2-5-10)3-6-13(19)15-12(17)7-11(18)8-14(15)20/h1-8,18,20H,16-17H2. The molecule has 0 saturated carbocycles. The molecule has 0 aliphatic heterocycles. The zero-order valence-corrected chi connectivity index (χ0v) is 10.6. The zero-order chi connectivity index (χ0) is 14.7. The van der Waals surface area contributed by atoms with Crippen molar-refractivity contribution in [1.29, 1.82) is 0 Å². The third-order valence-electron chi connectivity index (χ3n) is 2.74. The Kier molecular flexibility index (Phi) is 3.61. The minimum Gasteiger partial charge on any atom is -0.508 e. The number of allylic oxidation sites excluding steroid dienone is 1. The summed E-state index contributed by atoms with van der Waals surface area (Å²) in [6, 6.07) is 9.25. The Balaban J connectivity index is 2.26. The third-order valence-corrected chi connectivity index (χ3v) is 2.74. The molecular weight excluding hydrogens is 256 g/mol. The largest absolute Gasteiger partial charge is 0.508 e. The van der Waals surface area contributed by atoms with Crippen LogP contribution in [0.1, 0.15) is 15.9 Å². The van der Waals surface area contributed by atoms with Gasteiger partial charge in [0.2, 0.25) is 0 Å². The van der Waals surface area contributed by atoms with E-state index in [-0.39, 0.29) is 22.7 Å². The lowest BCUT2D eigenvalue weighted by Gasteiger charge is -2.05. The maximum absolute atomic E-state index is 12.0. The summed E-state index contributed by atoms with van der Waals surface area (Å²) in [7, 11) is 0. The van der Waals surface area contributed by atoms with Crippen LogP contribution < -0.4 is 11.5 Å². The first kappa shape index (κ1) is 13.5. The van der Waals surface area contributed by atoms with E-state index in [1.807, 2.05) is 0 Å². The Morgan fingerprint density at radius 1 is 1.05 bits per heavy atom. The van der Waals surface area contributed by atoms with E-state index in [2.05, 4.69) is 0 Å². The number of hydrogen-bond donors (Lipinski definition) is 4. The summed E-state index contributed by atoms with van der Waals surface area (Å²) in [5, 5.41) is 18.9. The second kappa shape index (κ2) is 5.36. The monoisotopic (exact) mass is 270 g/mol. The highest BCUT2D eigenvalue weighted by molar-refractivity contribution is 6.12. The highest BCUT2D eigenvalue weighted by atomic mass is 16.3. The van der Waals surface area contributed by atoms with Gasteiger partial charge in [0.1, 0.15) is 11.5 Å². The van der Waals surface area contributed by atoms with Gasteiger partial charge >= 0.3 is 0 Å². The molecule has 5 nitrogen and oxygen atoms in total. The van der Waals surface area contributed by atoms with Gasteiger partial charge in [-0.1, -0.05) is 18.2 Å². The average molecular weight is 270 g/mol. The molecule has 0 aliphatic rings. The molecule has 6 N–H and O–H groups in total. The fourth-order valence-electron chi connectivity index (χ4n) is 1.76. The molecule has 5 heteroatoms. The molecule has 2 rings (SSSR count). The van der Waals surface area contributed by atoms with Gasteiger partial charge in [0.05, 0.1) is 11.3 Å². The maximum Gasteiger partial charge on any atom is 0.191 e. The van der Waals surface area contributed by atoms with Crippen molar-refractivity contribution < 1.29 is 15.0 Å². The molecule has 2 aromatic rings. The van der Waals surface area contributed by atoms with Gasteiger partial charge in [0.25, 0.3) is 0 Å². The number of phenolic OH excluding ortho intramolecular Hbond substituents is 2. The summed E-state index contributed by atoms with van der Waals surface area (Å²) in [6.07, 6.45) is 2.89. The van der Waals surface area contributed by atoms with Crippen LogP contribution in [0.3, 0.4) is 0 Å². The minimum absolute atomic E-state index is 0.0226. The van der Waals surface area contributed by atoms with E-state index in [1.54, 1.807) is 30.3 Å². The summed E-state index contributed by atoms with van der Waals surface area (Å²) >= 11 is 0. The van der Waals surface area contributed by atoms with Crippen LogP contribution in [0.15, 0.2) is 42.5 Å². The van der Waals surface area contributed by atoms with E-state index in [9.17, 15) is 15.0 Å². The highest BCUT2D eigenvalue weighted by Crippen LogP contribution is 2.29. The minimum atomic E-state index is -0.447. The van der Waals surface area contributed by atoms with Crippen LogP contribution in [0.25, 0.3) is 6.08 Å². The van der Waals surface area contributed by atoms with Gasteiger partial charge in [-0.05, 0) is 23.8 Å². The first-order valence-electron chi connectivity index (χ1n) is 5.87. The number of hydrogen-bond acceptors (Lipinski definition) is 5. The summed E-state index contributed by atoms with van der Waals surface area (Å²) < 4.78 is 0. The summed E-state index contributed by atoms with van der Waals surface area (Å²) in [6.45, 7) is 0. The topological polar surface area (TPSA) is 110 Å². The van der Waals surface area contributed by atoms with Crippen LogP contribution in [0, 0.1) is 0 Å². The van der Waals surface area contributed by atoms with Gasteiger partial charge < -0.3 is 21.7 Å². The number of aromatic hydroxyl groups is 2. The van der Waals surface area contributed by atoms with Gasteiger partial charge in [-0.15, -0.1) is 0 Å². The fourth-order valence-corrected chi connectivity index (χ4v) is 1.76. The Hall–Kier alpha value is -2.95. The van der Waals surface area contributed by atoms with Crippen LogP contribution in [-0.2, 0) is 0 Å². The third kappa shape index (κ3) is 2.89. The van der Waals surface area contributed by atoms with E-state index < -0.39 is 5.78 Å². The Bertz CT molecular complexity index is 653. The fraction of sp³-hybridized carbons (Fsp3) is 0. The predicted molar refractivity (Wildman–Crippen MR) is 78.4 cm³/mol. The van der Waals surface area contributed by atoms with Crippen molar-refractivity contribution >= 4 is 23.2 Å². The number of carbonyl (C=O) groups is 1. The average Bonchev–Trinajstić information content (AvgIpc) is 2.37. The number of anilines is 2. The second-order valence-corrected chi connectivity index (χ2v) is 4.29. The van der Waals surface area contributed by atoms with E-state index in [1.165, 1.54) is 12.1 Å². The van der Waals surface area contributed by atoms with Crippen molar-refractivity contribution in [2.45, 2.75) is 0 Å². The Labute approximate surface area is 115 Å². The van der Waals surface area contributed by atoms with Gasteiger partial charge in [-0.25, -0.2) is 0 Å². The molecule has 0 aliphatic carbocycles. The summed E-state index contributed by atoms with van der Waals surface area (Å²) in [5.41, 5.74) is 12.6. The lowest BCUT2D eigenvalue weighted by molar-refractivity contribution is 0.104. The van der Waals surface area contributed by atoms with Gasteiger partial charge in [0.15, 0.2) is 5.78 Å². The van der Waals surface area contributed by atoms with Crippen molar-refractivity contribution in [2.24, 2.45) is 0 Å². The molecule has 0 spiro atoms. The molecule has 0 atom stereocenters. The number of nitrogen functional groups attached to an aromatic ring is 2. The van der Waals surface area contributed by atoms with Crippen molar-refractivity contribution in [3.05, 3.63) is 53.6 Å². The number of phenols is 2. The van der Waals surface area contributed by atoms with Crippen LogP contribution in [0.5, 0.6) is 11.5 Å². The molecule has 0 fully saturated rings. The molecule has 0 unspecified atom stereocenters. The number of benzene rings is 2. The molecule has 0 radical (unpaired) electrons. The van der Waals surface area contributed by atoms with Gasteiger partial charge in [-0.2, -0.15) is 0 Å². The van der Waals surface area contributed by atoms with Crippen LogP contribution >= 0.6 is 0 Å². The molecule has 102 valence electrons. The second-order valence-electron chi connectivity index (χ2n) is 4.29. The molecule has 0 amide bonds. The first-order valence-corrected chi connectivity index (χ1v) is 5.87. The summed E-state index contributed by atoms with van der Waals surface area (Å²) in [5.74, 6) is -0.995.